The average molecular weight is 344 g/mol. The van der Waals surface area contributed by atoms with Gasteiger partial charge in [-0.1, -0.05) is 30.3 Å². The molecule has 3 aromatic rings. The number of carbonyl (C=O) groups excluding carboxylic acids is 1. The van der Waals surface area contributed by atoms with Crippen LogP contribution < -0.4 is 11.2 Å². The summed E-state index contributed by atoms with van der Waals surface area (Å²) in [6.45, 7) is 2.16. The molecule has 0 saturated carbocycles. The molecule has 0 bridgehead atoms. The normalized spacial score (nSPS) is 10.9. The highest BCUT2D eigenvalue weighted by Gasteiger charge is 2.18. The first-order valence-electron chi connectivity index (χ1n) is 7.47. The van der Waals surface area contributed by atoms with Crippen LogP contribution in [0, 0.1) is 0 Å². The van der Waals surface area contributed by atoms with Gasteiger partial charge in [-0.25, -0.2) is 9.59 Å². The van der Waals surface area contributed by atoms with E-state index < -0.39 is 17.2 Å². The lowest BCUT2D eigenvalue weighted by Crippen LogP contribution is -2.38. The summed E-state index contributed by atoms with van der Waals surface area (Å²) in [5.74, 6) is -0.486. The Bertz CT molecular complexity index is 1010. The van der Waals surface area contributed by atoms with Crippen molar-refractivity contribution in [1.82, 2.24) is 9.13 Å². The van der Waals surface area contributed by atoms with Crippen molar-refractivity contribution in [3.05, 3.63) is 67.7 Å². The SMILES string of the molecule is CCOC(=O)c1cc2c(=O)n(Cc3ccccc3)c(=O)n(C)c2s1. The maximum Gasteiger partial charge on any atom is 0.348 e. The summed E-state index contributed by atoms with van der Waals surface area (Å²) < 4.78 is 7.54. The smallest absolute Gasteiger partial charge is 0.348 e. The van der Waals surface area contributed by atoms with E-state index in [0.717, 1.165) is 16.9 Å². The third-order valence-electron chi connectivity index (χ3n) is 3.67. The number of benzene rings is 1. The molecule has 3 rings (SSSR count). The van der Waals surface area contributed by atoms with Crippen LogP contribution in [0.5, 0.6) is 0 Å². The number of thiophene rings is 1. The molecule has 6 nitrogen and oxygen atoms in total. The number of hydrogen-bond donors (Lipinski definition) is 0. The van der Waals surface area contributed by atoms with Crippen molar-refractivity contribution < 1.29 is 9.53 Å². The van der Waals surface area contributed by atoms with E-state index in [4.69, 9.17) is 4.74 Å². The standard InChI is InChI=1S/C17H16N2O4S/c1-3-23-16(21)13-9-12-14(20)19(10-11-7-5-4-6-8-11)17(22)18(2)15(12)24-13/h4-9H,3,10H2,1-2H3. The summed E-state index contributed by atoms with van der Waals surface area (Å²) in [5, 5.41) is 0.348. The maximum atomic E-state index is 12.7. The third kappa shape index (κ3) is 2.78. The number of carbonyl (C=O) groups is 1. The minimum Gasteiger partial charge on any atom is -0.462 e. The van der Waals surface area contributed by atoms with Gasteiger partial charge in [0.1, 0.15) is 9.71 Å². The van der Waals surface area contributed by atoms with E-state index in [-0.39, 0.29) is 13.2 Å². The highest BCUT2D eigenvalue weighted by molar-refractivity contribution is 7.20. The first-order valence-corrected chi connectivity index (χ1v) is 8.29. The summed E-state index contributed by atoms with van der Waals surface area (Å²) in [7, 11) is 1.59. The van der Waals surface area contributed by atoms with Gasteiger partial charge in [0.2, 0.25) is 0 Å². The second kappa shape index (κ2) is 6.45. The summed E-state index contributed by atoms with van der Waals surface area (Å²) in [6, 6.07) is 10.8. The molecule has 1 aromatic carbocycles. The molecule has 2 aromatic heterocycles. The van der Waals surface area contributed by atoms with Crippen molar-refractivity contribution in [1.29, 1.82) is 0 Å². The minimum absolute atomic E-state index is 0.187. The zero-order chi connectivity index (χ0) is 17.3. The largest absolute Gasteiger partial charge is 0.462 e. The molecule has 0 aliphatic carbocycles. The summed E-state index contributed by atoms with van der Waals surface area (Å²) in [5.41, 5.74) is 0.0502. The molecule has 0 unspecified atom stereocenters. The zero-order valence-corrected chi connectivity index (χ0v) is 14.1. The van der Waals surface area contributed by atoms with E-state index in [9.17, 15) is 14.4 Å². The molecule has 0 N–H and O–H groups in total. The molecule has 0 aliphatic rings. The van der Waals surface area contributed by atoms with Crippen LogP contribution in [0.25, 0.3) is 10.2 Å². The predicted octanol–water partition coefficient (Wildman–Crippen LogP) is 1.99. The van der Waals surface area contributed by atoms with Crippen molar-refractivity contribution in [3.63, 3.8) is 0 Å². The number of aromatic nitrogens is 2. The lowest BCUT2D eigenvalue weighted by molar-refractivity contribution is 0.0532. The van der Waals surface area contributed by atoms with E-state index in [1.165, 1.54) is 15.2 Å². The second-order valence-corrected chi connectivity index (χ2v) is 6.30. The number of ether oxygens (including phenoxy) is 1. The molecule has 124 valence electrons. The Balaban J connectivity index is 2.16. The van der Waals surface area contributed by atoms with Crippen LogP contribution in [0.15, 0.2) is 46.0 Å². The van der Waals surface area contributed by atoms with Crippen molar-refractivity contribution in [2.45, 2.75) is 13.5 Å². The van der Waals surface area contributed by atoms with Crippen LogP contribution in [0.2, 0.25) is 0 Å². The Hall–Kier alpha value is -2.67. The van der Waals surface area contributed by atoms with Crippen molar-refractivity contribution in [2.75, 3.05) is 6.61 Å². The van der Waals surface area contributed by atoms with Crippen molar-refractivity contribution in [3.8, 4) is 0 Å². The van der Waals surface area contributed by atoms with Gasteiger partial charge in [-0.2, -0.15) is 0 Å². The van der Waals surface area contributed by atoms with Crippen LogP contribution in [0.4, 0.5) is 0 Å². The summed E-state index contributed by atoms with van der Waals surface area (Å²) in [6.07, 6.45) is 0. The van der Waals surface area contributed by atoms with Gasteiger partial charge in [0.25, 0.3) is 5.56 Å². The Kier molecular flexibility index (Phi) is 4.35. The quantitative estimate of drug-likeness (QED) is 0.679. The van der Waals surface area contributed by atoms with E-state index in [1.807, 2.05) is 30.3 Å². The fourth-order valence-electron chi connectivity index (χ4n) is 2.49. The Morgan fingerprint density at radius 1 is 1.21 bits per heavy atom. The highest BCUT2D eigenvalue weighted by atomic mass is 32.1. The van der Waals surface area contributed by atoms with Gasteiger partial charge in [-0.15, -0.1) is 11.3 Å². The predicted molar refractivity (Wildman–Crippen MR) is 92.8 cm³/mol. The number of esters is 1. The van der Waals surface area contributed by atoms with Gasteiger partial charge in [0, 0.05) is 7.05 Å². The molecule has 0 spiro atoms. The van der Waals surface area contributed by atoms with Gasteiger partial charge in [0.05, 0.1) is 18.5 Å². The minimum atomic E-state index is -0.486. The van der Waals surface area contributed by atoms with Gasteiger partial charge in [0.15, 0.2) is 0 Å². The number of hydrogen-bond acceptors (Lipinski definition) is 5. The van der Waals surface area contributed by atoms with Gasteiger partial charge < -0.3 is 4.74 Å². The first-order chi connectivity index (χ1) is 11.5. The topological polar surface area (TPSA) is 70.3 Å². The van der Waals surface area contributed by atoms with E-state index in [2.05, 4.69) is 0 Å². The summed E-state index contributed by atoms with van der Waals surface area (Å²) >= 11 is 1.09. The van der Waals surface area contributed by atoms with Crippen molar-refractivity contribution in [2.24, 2.45) is 7.05 Å². The van der Waals surface area contributed by atoms with Crippen molar-refractivity contribution >= 4 is 27.5 Å². The van der Waals surface area contributed by atoms with Crippen LogP contribution in [0.3, 0.4) is 0 Å². The van der Waals surface area contributed by atoms with E-state index >= 15 is 0 Å². The molecule has 24 heavy (non-hydrogen) atoms. The molecular formula is C17H16N2O4S. The van der Waals surface area contributed by atoms with Crippen LogP contribution >= 0.6 is 11.3 Å². The number of fused-ring (bicyclic) bond motifs is 1. The first kappa shape index (κ1) is 16.2. The Morgan fingerprint density at radius 3 is 2.58 bits per heavy atom. The lowest BCUT2D eigenvalue weighted by atomic mass is 10.2. The molecular weight excluding hydrogens is 328 g/mol. The third-order valence-corrected chi connectivity index (χ3v) is 4.86. The molecule has 2 heterocycles. The van der Waals surface area contributed by atoms with Crippen LogP contribution in [-0.2, 0) is 18.3 Å². The molecule has 0 radical (unpaired) electrons. The monoisotopic (exact) mass is 344 g/mol. The fourth-order valence-corrected chi connectivity index (χ4v) is 3.49. The van der Waals surface area contributed by atoms with Gasteiger partial charge in [-0.05, 0) is 18.6 Å². The van der Waals surface area contributed by atoms with Crippen LogP contribution in [0.1, 0.15) is 22.2 Å². The molecule has 7 heteroatoms. The van der Waals surface area contributed by atoms with E-state index in [0.29, 0.717) is 15.1 Å². The summed E-state index contributed by atoms with van der Waals surface area (Å²) in [4.78, 5) is 37.9. The van der Waals surface area contributed by atoms with Crippen LogP contribution in [-0.4, -0.2) is 21.7 Å². The second-order valence-electron chi connectivity index (χ2n) is 5.27. The number of nitrogens with zero attached hydrogens (tertiary/aromatic N) is 2. The highest BCUT2D eigenvalue weighted by Crippen LogP contribution is 2.22. The Labute approximate surface area is 141 Å². The molecule has 0 atom stereocenters. The molecule has 0 amide bonds. The molecule has 0 aliphatic heterocycles. The van der Waals surface area contributed by atoms with E-state index in [1.54, 1.807) is 14.0 Å². The maximum absolute atomic E-state index is 12.7. The molecule has 0 saturated heterocycles. The van der Waals surface area contributed by atoms with Gasteiger partial charge in [-0.3, -0.25) is 13.9 Å². The Morgan fingerprint density at radius 2 is 1.92 bits per heavy atom. The van der Waals surface area contributed by atoms with Gasteiger partial charge >= 0.3 is 11.7 Å². The molecule has 0 fully saturated rings. The number of rotatable bonds is 4. The average Bonchev–Trinajstić information content (AvgIpc) is 3.04. The zero-order valence-electron chi connectivity index (χ0n) is 13.3. The fraction of sp³-hybridized carbons (Fsp3) is 0.235. The number of aryl methyl sites for hydroxylation is 1. The lowest BCUT2D eigenvalue weighted by Gasteiger charge is -2.08.